The zero-order valence-electron chi connectivity index (χ0n) is 15.3. The van der Waals surface area contributed by atoms with Crippen molar-refractivity contribution in [3.05, 3.63) is 41.5 Å². The molecule has 0 bridgehead atoms. The highest BCUT2D eigenvalue weighted by atomic mass is 35.5. The van der Waals surface area contributed by atoms with Crippen molar-refractivity contribution >= 4 is 48.2 Å². The molecule has 0 aliphatic carbocycles. The number of thioether (sulfide) groups is 1. The zero-order valence-corrected chi connectivity index (χ0v) is 17.8. The summed E-state index contributed by atoms with van der Waals surface area (Å²) in [5.74, 6) is 2.18. The van der Waals surface area contributed by atoms with E-state index < -0.39 is 0 Å². The molecular weight excluding hydrogens is 405 g/mol. The molecule has 2 aromatic rings. The Morgan fingerprint density at radius 3 is 2.67 bits per heavy atom. The summed E-state index contributed by atoms with van der Waals surface area (Å²) in [5.41, 5.74) is 14.2. The van der Waals surface area contributed by atoms with Gasteiger partial charge in [-0.05, 0) is 25.5 Å². The molecular formula is C18H27Cl2N5OS. The van der Waals surface area contributed by atoms with Crippen LogP contribution in [-0.4, -0.2) is 42.3 Å². The Bertz CT molecular complexity index is 703. The monoisotopic (exact) mass is 431 g/mol. The molecule has 4 N–H and O–H groups in total. The Labute approximate surface area is 177 Å². The number of ether oxygens (including phenoxy) is 1. The minimum absolute atomic E-state index is 0. The van der Waals surface area contributed by atoms with Crippen LogP contribution in [0.4, 0.5) is 11.6 Å². The highest BCUT2D eigenvalue weighted by Crippen LogP contribution is 2.25. The molecule has 1 saturated heterocycles. The predicted molar refractivity (Wildman–Crippen MR) is 117 cm³/mol. The molecule has 1 fully saturated rings. The first-order valence-electron chi connectivity index (χ1n) is 8.53. The maximum absolute atomic E-state index is 6.01. The number of anilines is 2. The molecule has 1 atom stereocenters. The van der Waals surface area contributed by atoms with Crippen molar-refractivity contribution in [1.29, 1.82) is 0 Å². The fourth-order valence-corrected chi connectivity index (χ4v) is 3.59. The summed E-state index contributed by atoms with van der Waals surface area (Å²) in [4.78, 5) is 11.3. The minimum Gasteiger partial charge on any atom is -0.383 e. The van der Waals surface area contributed by atoms with Gasteiger partial charge in [-0.25, -0.2) is 9.97 Å². The summed E-state index contributed by atoms with van der Waals surface area (Å²) in [5, 5.41) is 0.706. The average Bonchev–Trinajstić information content (AvgIpc) is 2.61. The lowest BCUT2D eigenvalue weighted by Gasteiger charge is -2.33. The number of benzene rings is 1. The van der Waals surface area contributed by atoms with Crippen molar-refractivity contribution in [2.75, 3.05) is 36.9 Å². The maximum atomic E-state index is 6.01. The van der Waals surface area contributed by atoms with E-state index in [2.05, 4.69) is 41.1 Å². The van der Waals surface area contributed by atoms with Crippen molar-refractivity contribution in [2.24, 2.45) is 5.73 Å². The maximum Gasteiger partial charge on any atom is 0.191 e. The third kappa shape index (κ3) is 7.01. The SMILES string of the molecule is Cc1ccc(CSc2nc(N)cc(N3CCOC(CCN)C3)n2)cc1.Cl.Cl. The molecule has 3 rings (SSSR count). The molecule has 0 radical (unpaired) electrons. The lowest BCUT2D eigenvalue weighted by atomic mass is 10.2. The highest BCUT2D eigenvalue weighted by Gasteiger charge is 2.21. The fraction of sp³-hybridized carbons (Fsp3) is 0.444. The van der Waals surface area contributed by atoms with Gasteiger partial charge in [0.25, 0.3) is 0 Å². The van der Waals surface area contributed by atoms with Gasteiger partial charge in [0.1, 0.15) is 11.6 Å². The summed E-state index contributed by atoms with van der Waals surface area (Å²) >= 11 is 1.60. The van der Waals surface area contributed by atoms with Gasteiger partial charge in [-0.3, -0.25) is 0 Å². The smallest absolute Gasteiger partial charge is 0.191 e. The van der Waals surface area contributed by atoms with Crippen LogP contribution in [0.5, 0.6) is 0 Å². The molecule has 1 aliphatic heterocycles. The molecule has 6 nitrogen and oxygen atoms in total. The third-order valence-electron chi connectivity index (χ3n) is 4.15. The normalized spacial score (nSPS) is 16.4. The summed E-state index contributed by atoms with van der Waals surface area (Å²) < 4.78 is 5.74. The van der Waals surface area contributed by atoms with E-state index in [4.69, 9.17) is 21.2 Å². The van der Waals surface area contributed by atoms with E-state index in [9.17, 15) is 0 Å². The Balaban J connectivity index is 0.00000182. The number of hydrogen-bond donors (Lipinski definition) is 2. The van der Waals surface area contributed by atoms with Crippen LogP contribution in [0.3, 0.4) is 0 Å². The van der Waals surface area contributed by atoms with Crippen LogP contribution in [0, 0.1) is 6.92 Å². The Kier molecular flexibility index (Phi) is 10.2. The second kappa shape index (κ2) is 11.6. The molecule has 0 amide bonds. The van der Waals surface area contributed by atoms with Gasteiger partial charge in [-0.2, -0.15) is 0 Å². The van der Waals surface area contributed by atoms with Crippen LogP contribution in [-0.2, 0) is 10.5 Å². The van der Waals surface area contributed by atoms with Gasteiger partial charge < -0.3 is 21.1 Å². The number of nitrogens with two attached hydrogens (primary N) is 2. The molecule has 1 aliphatic rings. The molecule has 2 heterocycles. The number of morpholine rings is 1. The fourth-order valence-electron chi connectivity index (χ4n) is 2.78. The Morgan fingerprint density at radius 2 is 1.96 bits per heavy atom. The largest absolute Gasteiger partial charge is 0.383 e. The standard InChI is InChI=1S/C18H25N5OS.2ClH/c1-13-2-4-14(5-3-13)12-25-18-21-16(20)10-17(22-18)23-8-9-24-15(11-23)6-7-19;;/h2-5,10,15H,6-9,11-12,19H2,1H3,(H2,20,21,22);2*1H. The van der Waals surface area contributed by atoms with Crippen LogP contribution >= 0.6 is 36.6 Å². The molecule has 150 valence electrons. The topological polar surface area (TPSA) is 90.3 Å². The van der Waals surface area contributed by atoms with Gasteiger partial charge in [0.2, 0.25) is 0 Å². The van der Waals surface area contributed by atoms with Gasteiger partial charge in [-0.15, -0.1) is 24.8 Å². The van der Waals surface area contributed by atoms with Gasteiger partial charge in [0.15, 0.2) is 5.16 Å². The van der Waals surface area contributed by atoms with E-state index in [0.717, 1.165) is 31.1 Å². The van der Waals surface area contributed by atoms with Crippen LogP contribution in [0.2, 0.25) is 0 Å². The van der Waals surface area contributed by atoms with Crippen LogP contribution < -0.4 is 16.4 Å². The van der Waals surface area contributed by atoms with Gasteiger partial charge in [0, 0.05) is 24.9 Å². The third-order valence-corrected chi connectivity index (χ3v) is 5.07. The average molecular weight is 432 g/mol. The van der Waals surface area contributed by atoms with Crippen LogP contribution in [0.25, 0.3) is 0 Å². The number of rotatable bonds is 6. The first kappa shape index (κ1) is 23.8. The molecule has 1 aromatic carbocycles. The lowest BCUT2D eigenvalue weighted by molar-refractivity contribution is 0.0366. The minimum atomic E-state index is 0. The van der Waals surface area contributed by atoms with Crippen molar-refractivity contribution in [2.45, 2.75) is 30.4 Å². The Morgan fingerprint density at radius 1 is 1.22 bits per heavy atom. The van der Waals surface area contributed by atoms with Crippen LogP contribution in [0.1, 0.15) is 17.5 Å². The highest BCUT2D eigenvalue weighted by molar-refractivity contribution is 7.98. The van der Waals surface area contributed by atoms with Gasteiger partial charge in [-0.1, -0.05) is 41.6 Å². The molecule has 27 heavy (non-hydrogen) atoms. The Hall–Kier alpha value is -1.25. The first-order chi connectivity index (χ1) is 12.1. The van der Waals surface area contributed by atoms with E-state index in [0.29, 0.717) is 24.1 Å². The van der Waals surface area contributed by atoms with E-state index in [-0.39, 0.29) is 30.9 Å². The number of halogens is 2. The summed E-state index contributed by atoms with van der Waals surface area (Å²) in [6, 6.07) is 10.3. The second-order valence-electron chi connectivity index (χ2n) is 6.22. The van der Waals surface area contributed by atoms with Crippen molar-refractivity contribution in [3.8, 4) is 0 Å². The summed E-state index contributed by atoms with van der Waals surface area (Å²) in [6.45, 7) is 4.99. The molecule has 1 unspecified atom stereocenters. The second-order valence-corrected chi connectivity index (χ2v) is 7.17. The predicted octanol–water partition coefficient (Wildman–Crippen LogP) is 3.06. The quantitative estimate of drug-likeness (QED) is 0.536. The van der Waals surface area contributed by atoms with Crippen molar-refractivity contribution in [1.82, 2.24) is 9.97 Å². The zero-order chi connectivity index (χ0) is 17.6. The molecule has 0 saturated carbocycles. The van der Waals surface area contributed by atoms with Crippen molar-refractivity contribution < 1.29 is 4.74 Å². The first-order valence-corrected chi connectivity index (χ1v) is 9.52. The van der Waals surface area contributed by atoms with E-state index in [1.165, 1.54) is 11.1 Å². The number of nitrogens with zero attached hydrogens (tertiary/aromatic N) is 3. The number of nitrogen functional groups attached to an aromatic ring is 1. The molecule has 1 aromatic heterocycles. The molecule has 0 spiro atoms. The molecule has 9 heteroatoms. The van der Waals surface area contributed by atoms with Crippen LogP contribution in [0.15, 0.2) is 35.5 Å². The summed E-state index contributed by atoms with van der Waals surface area (Å²) in [6.07, 6.45) is 1.00. The van der Waals surface area contributed by atoms with Gasteiger partial charge in [0.05, 0.1) is 12.7 Å². The summed E-state index contributed by atoms with van der Waals surface area (Å²) in [7, 11) is 0. The van der Waals surface area contributed by atoms with E-state index >= 15 is 0 Å². The van der Waals surface area contributed by atoms with E-state index in [1.54, 1.807) is 11.8 Å². The number of aryl methyl sites for hydroxylation is 1. The number of hydrogen-bond acceptors (Lipinski definition) is 7. The lowest BCUT2D eigenvalue weighted by Crippen LogP contribution is -2.43. The van der Waals surface area contributed by atoms with Crippen molar-refractivity contribution in [3.63, 3.8) is 0 Å². The van der Waals surface area contributed by atoms with Gasteiger partial charge >= 0.3 is 0 Å². The van der Waals surface area contributed by atoms with E-state index in [1.807, 2.05) is 6.07 Å². The number of aromatic nitrogens is 2.